The second kappa shape index (κ2) is 10.6. The van der Waals surface area contributed by atoms with E-state index in [1.807, 2.05) is 4.68 Å². The van der Waals surface area contributed by atoms with Crippen LogP contribution in [0.2, 0.25) is 0 Å². The van der Waals surface area contributed by atoms with E-state index in [1.54, 1.807) is 0 Å². The van der Waals surface area contributed by atoms with Crippen molar-refractivity contribution in [3.8, 4) is 0 Å². The van der Waals surface area contributed by atoms with Gasteiger partial charge in [-0.3, -0.25) is 9.69 Å². The van der Waals surface area contributed by atoms with Crippen LogP contribution in [0.25, 0.3) is 10.9 Å². The standard InChI is InChI=1S/C27H38N6O2/c1-4-25(26-29-30-31-33(26)17-22-11-8-12-35-22)32(21-9-6-5-7-10-21)16-20-15-23-19(3)13-18(2)14-24(23)28-27(20)34/h13-15,21-22,25H,4-12,16-17H2,1-3H3,(H,28,34)/t22-,25-/m0/s1. The predicted octanol–water partition coefficient (Wildman–Crippen LogP) is 4.60. The highest BCUT2D eigenvalue weighted by Crippen LogP contribution is 2.33. The van der Waals surface area contributed by atoms with E-state index in [9.17, 15) is 4.79 Å². The van der Waals surface area contributed by atoms with Crippen molar-refractivity contribution in [2.24, 2.45) is 0 Å². The van der Waals surface area contributed by atoms with E-state index in [0.717, 1.165) is 66.6 Å². The molecule has 1 aromatic carbocycles. The number of pyridine rings is 1. The zero-order valence-corrected chi connectivity index (χ0v) is 21.3. The summed E-state index contributed by atoms with van der Waals surface area (Å²) in [5.41, 5.74) is 4.07. The number of rotatable bonds is 8. The van der Waals surface area contributed by atoms with Gasteiger partial charge < -0.3 is 9.72 Å². The fourth-order valence-corrected chi connectivity index (χ4v) is 6.06. The summed E-state index contributed by atoms with van der Waals surface area (Å²) in [7, 11) is 0. The molecule has 35 heavy (non-hydrogen) atoms. The average Bonchev–Trinajstić information content (AvgIpc) is 3.53. The number of aromatic amines is 1. The Kier molecular flexibility index (Phi) is 7.29. The molecule has 1 saturated heterocycles. The third-order valence-electron chi connectivity index (χ3n) is 7.83. The Bertz CT molecular complexity index is 1210. The van der Waals surface area contributed by atoms with Crippen LogP contribution in [0, 0.1) is 13.8 Å². The minimum atomic E-state index is -0.00268. The second-order valence-electron chi connectivity index (χ2n) is 10.4. The van der Waals surface area contributed by atoms with Crippen molar-refractivity contribution in [1.29, 1.82) is 0 Å². The first-order chi connectivity index (χ1) is 17.0. The topological polar surface area (TPSA) is 88.9 Å². The van der Waals surface area contributed by atoms with Crippen LogP contribution < -0.4 is 5.56 Å². The van der Waals surface area contributed by atoms with Crippen LogP contribution in [0.3, 0.4) is 0 Å². The molecule has 1 N–H and O–H groups in total. The lowest BCUT2D eigenvalue weighted by molar-refractivity contribution is 0.0734. The SMILES string of the molecule is CC[C@@H](c1nnnn1C[C@@H]1CCCO1)N(Cc1cc2c(C)cc(C)cc2[nH]c1=O)C1CCCCC1. The Balaban J connectivity index is 1.50. The summed E-state index contributed by atoms with van der Waals surface area (Å²) in [5.74, 6) is 0.887. The van der Waals surface area contributed by atoms with Crippen molar-refractivity contribution in [1.82, 2.24) is 30.1 Å². The maximum atomic E-state index is 13.2. The van der Waals surface area contributed by atoms with Gasteiger partial charge in [0.05, 0.1) is 18.7 Å². The van der Waals surface area contributed by atoms with Gasteiger partial charge in [-0.1, -0.05) is 32.3 Å². The van der Waals surface area contributed by atoms with Gasteiger partial charge in [0, 0.05) is 35.7 Å². The molecule has 3 aromatic rings. The highest BCUT2D eigenvalue weighted by atomic mass is 16.5. The first-order valence-electron chi connectivity index (χ1n) is 13.3. The Morgan fingerprint density at radius 1 is 1.14 bits per heavy atom. The van der Waals surface area contributed by atoms with Gasteiger partial charge in [-0.25, -0.2) is 4.68 Å². The Morgan fingerprint density at radius 2 is 1.97 bits per heavy atom. The zero-order valence-electron chi connectivity index (χ0n) is 21.3. The van der Waals surface area contributed by atoms with Gasteiger partial charge in [0.15, 0.2) is 5.82 Å². The summed E-state index contributed by atoms with van der Waals surface area (Å²) in [6, 6.07) is 6.79. The molecule has 188 valence electrons. The van der Waals surface area contributed by atoms with Crippen molar-refractivity contribution >= 4 is 10.9 Å². The van der Waals surface area contributed by atoms with Gasteiger partial charge in [-0.2, -0.15) is 0 Å². The number of H-pyrrole nitrogens is 1. The van der Waals surface area contributed by atoms with E-state index < -0.39 is 0 Å². The van der Waals surface area contributed by atoms with Gasteiger partial charge in [0.1, 0.15) is 0 Å². The highest BCUT2D eigenvalue weighted by Gasteiger charge is 2.32. The molecular weight excluding hydrogens is 440 g/mol. The minimum absolute atomic E-state index is 0.00268. The second-order valence-corrected chi connectivity index (χ2v) is 10.4. The van der Waals surface area contributed by atoms with Crippen LogP contribution in [0.15, 0.2) is 23.0 Å². The van der Waals surface area contributed by atoms with Gasteiger partial charge in [0.2, 0.25) is 0 Å². The molecule has 1 saturated carbocycles. The zero-order chi connectivity index (χ0) is 24.4. The number of aromatic nitrogens is 5. The number of nitrogens with zero attached hydrogens (tertiary/aromatic N) is 5. The third kappa shape index (κ3) is 5.19. The van der Waals surface area contributed by atoms with Crippen LogP contribution in [0.1, 0.15) is 86.8 Å². The Morgan fingerprint density at radius 3 is 2.71 bits per heavy atom. The molecule has 5 rings (SSSR count). The number of fused-ring (bicyclic) bond motifs is 1. The summed E-state index contributed by atoms with van der Waals surface area (Å²) in [5, 5.41) is 14.0. The molecule has 1 aliphatic carbocycles. The average molecular weight is 479 g/mol. The van der Waals surface area contributed by atoms with E-state index in [2.05, 4.69) is 64.4 Å². The molecule has 0 bridgehead atoms. The van der Waals surface area contributed by atoms with Gasteiger partial charge in [-0.05, 0) is 79.6 Å². The van der Waals surface area contributed by atoms with Crippen LogP contribution >= 0.6 is 0 Å². The lowest BCUT2D eigenvalue weighted by Gasteiger charge is -2.39. The normalized spacial score (nSPS) is 20.2. The Hall–Kier alpha value is -2.58. The van der Waals surface area contributed by atoms with Crippen molar-refractivity contribution in [3.63, 3.8) is 0 Å². The minimum Gasteiger partial charge on any atom is -0.376 e. The number of ether oxygens (including phenoxy) is 1. The summed E-state index contributed by atoms with van der Waals surface area (Å²) in [4.78, 5) is 18.9. The number of hydrogen-bond donors (Lipinski definition) is 1. The molecule has 2 fully saturated rings. The predicted molar refractivity (Wildman–Crippen MR) is 136 cm³/mol. The van der Waals surface area contributed by atoms with E-state index in [-0.39, 0.29) is 17.7 Å². The van der Waals surface area contributed by atoms with Crippen LogP contribution in [-0.4, -0.2) is 48.8 Å². The summed E-state index contributed by atoms with van der Waals surface area (Å²) in [6.07, 6.45) is 9.23. The molecule has 2 aromatic heterocycles. The van der Waals surface area contributed by atoms with Gasteiger partial charge >= 0.3 is 0 Å². The first kappa shape index (κ1) is 24.1. The van der Waals surface area contributed by atoms with E-state index >= 15 is 0 Å². The Labute approximate surface area is 207 Å². The maximum Gasteiger partial charge on any atom is 0.252 e. The van der Waals surface area contributed by atoms with E-state index in [1.165, 1.54) is 24.8 Å². The number of benzene rings is 1. The monoisotopic (exact) mass is 478 g/mol. The van der Waals surface area contributed by atoms with Crippen molar-refractivity contribution < 1.29 is 4.74 Å². The van der Waals surface area contributed by atoms with Gasteiger partial charge in [-0.15, -0.1) is 5.10 Å². The number of aryl methyl sites for hydroxylation is 2. The molecule has 2 aliphatic rings. The van der Waals surface area contributed by atoms with Crippen LogP contribution in [0.5, 0.6) is 0 Å². The third-order valence-corrected chi connectivity index (χ3v) is 7.83. The summed E-state index contributed by atoms with van der Waals surface area (Å²) in [6.45, 7) is 8.47. The molecule has 0 spiro atoms. The van der Waals surface area contributed by atoms with E-state index in [0.29, 0.717) is 19.1 Å². The lowest BCUT2D eigenvalue weighted by Crippen LogP contribution is -2.41. The molecule has 0 radical (unpaired) electrons. The number of nitrogens with one attached hydrogen (secondary N) is 1. The highest BCUT2D eigenvalue weighted by molar-refractivity contribution is 5.83. The largest absolute Gasteiger partial charge is 0.376 e. The fourth-order valence-electron chi connectivity index (χ4n) is 6.06. The van der Waals surface area contributed by atoms with E-state index in [4.69, 9.17) is 4.74 Å². The smallest absolute Gasteiger partial charge is 0.252 e. The van der Waals surface area contributed by atoms with Gasteiger partial charge in [0.25, 0.3) is 5.56 Å². The van der Waals surface area contributed by atoms with Crippen LogP contribution in [-0.2, 0) is 17.8 Å². The molecule has 8 nitrogen and oxygen atoms in total. The number of tetrazole rings is 1. The molecular formula is C27H38N6O2. The summed E-state index contributed by atoms with van der Waals surface area (Å²) >= 11 is 0. The molecule has 1 aliphatic heterocycles. The lowest BCUT2D eigenvalue weighted by atomic mass is 9.92. The number of hydrogen-bond acceptors (Lipinski definition) is 6. The summed E-state index contributed by atoms with van der Waals surface area (Å²) < 4.78 is 7.81. The molecule has 3 heterocycles. The molecule has 0 unspecified atom stereocenters. The molecule has 0 amide bonds. The first-order valence-corrected chi connectivity index (χ1v) is 13.3. The maximum absolute atomic E-state index is 13.2. The fraction of sp³-hybridized carbons (Fsp3) is 0.630. The quantitative estimate of drug-likeness (QED) is 0.509. The molecule has 2 atom stereocenters. The molecule has 8 heteroatoms. The van der Waals surface area contributed by atoms with Crippen molar-refractivity contribution in [2.75, 3.05) is 6.61 Å². The van der Waals surface area contributed by atoms with Crippen LogP contribution in [0.4, 0.5) is 0 Å². The van der Waals surface area contributed by atoms with Crippen molar-refractivity contribution in [3.05, 3.63) is 51.1 Å². The van der Waals surface area contributed by atoms with Crippen molar-refractivity contribution in [2.45, 2.75) is 103 Å².